The summed E-state index contributed by atoms with van der Waals surface area (Å²) in [6.45, 7) is 3.61. The molecule has 12 heavy (non-hydrogen) atoms. The molecule has 1 aliphatic carbocycles. The quantitative estimate of drug-likeness (QED) is 0.648. The van der Waals surface area contributed by atoms with Gasteiger partial charge in [0.1, 0.15) is 0 Å². The first-order valence-electron chi connectivity index (χ1n) is 4.14. The molecule has 0 aliphatic heterocycles. The summed E-state index contributed by atoms with van der Waals surface area (Å²) in [4.78, 5) is 0. The van der Waals surface area contributed by atoms with Crippen LogP contribution in [0.1, 0.15) is 29.9 Å². The van der Waals surface area contributed by atoms with Gasteiger partial charge in [-0.25, -0.2) is 0 Å². The van der Waals surface area contributed by atoms with Crippen molar-refractivity contribution in [3.05, 3.63) is 47.0 Å². The van der Waals surface area contributed by atoms with E-state index in [9.17, 15) is 0 Å². The van der Waals surface area contributed by atoms with Crippen LogP contribution in [-0.4, -0.2) is 0 Å². The summed E-state index contributed by atoms with van der Waals surface area (Å²) in [5.74, 6) is 0.700. The summed E-state index contributed by atoms with van der Waals surface area (Å²) in [6, 6.07) is 5.97. The van der Waals surface area contributed by atoms with Crippen molar-refractivity contribution in [3.8, 4) is 0 Å². The van der Waals surface area contributed by atoms with Crippen LogP contribution in [0.25, 0.3) is 0 Å². The van der Waals surface area contributed by atoms with Crippen molar-refractivity contribution >= 4 is 11.6 Å². The molecule has 0 saturated heterocycles. The minimum Gasteiger partial charge on any atom is -0.0906 e. The molecule has 1 aromatic rings. The van der Waals surface area contributed by atoms with Crippen molar-refractivity contribution in [2.24, 2.45) is 0 Å². The van der Waals surface area contributed by atoms with Gasteiger partial charge >= 0.3 is 0 Å². The first-order chi connectivity index (χ1) is 5.81. The third kappa shape index (κ3) is 1.39. The maximum atomic E-state index is 6.04. The predicted octanol–water partition coefficient (Wildman–Crippen LogP) is 3.55. The lowest BCUT2D eigenvalue weighted by Gasteiger charge is -2.02. The Hall–Kier alpha value is -0.750. The summed E-state index contributed by atoms with van der Waals surface area (Å²) in [7, 11) is 0. The normalized spacial score (nSPS) is 16.1. The fourth-order valence-electron chi connectivity index (χ4n) is 1.36. The molecule has 0 unspecified atom stereocenters. The predicted molar refractivity (Wildman–Crippen MR) is 51.4 cm³/mol. The molecule has 0 heterocycles. The lowest BCUT2D eigenvalue weighted by molar-refractivity contribution is 1.13. The molecule has 0 nitrogen and oxygen atoms in total. The molecule has 0 N–H and O–H groups in total. The van der Waals surface area contributed by atoms with E-state index in [1.165, 1.54) is 18.4 Å². The molecule has 1 saturated carbocycles. The smallest absolute Gasteiger partial charge is 0.0441 e. The lowest BCUT2D eigenvalue weighted by Crippen LogP contribution is -1.83. The molecule has 0 bridgehead atoms. The molecule has 2 rings (SSSR count). The minimum atomic E-state index is 0.700. The van der Waals surface area contributed by atoms with Crippen LogP contribution in [0.4, 0.5) is 0 Å². The number of hydrogen-bond acceptors (Lipinski definition) is 0. The molecular formula is C11H10Cl. The Labute approximate surface area is 77.9 Å². The topological polar surface area (TPSA) is 0 Å². The number of halogens is 1. The highest BCUT2D eigenvalue weighted by atomic mass is 35.5. The highest BCUT2D eigenvalue weighted by Gasteiger charge is 2.25. The zero-order valence-electron chi connectivity index (χ0n) is 6.81. The van der Waals surface area contributed by atoms with Crippen LogP contribution in [0, 0.1) is 6.08 Å². The Bertz CT molecular complexity index is 311. The molecule has 1 aliphatic rings. The maximum Gasteiger partial charge on any atom is 0.0441 e. The van der Waals surface area contributed by atoms with Gasteiger partial charge < -0.3 is 0 Å². The lowest BCUT2D eigenvalue weighted by atomic mass is 10.1. The van der Waals surface area contributed by atoms with Crippen molar-refractivity contribution in [2.75, 3.05) is 0 Å². The Balaban J connectivity index is 2.42. The monoisotopic (exact) mass is 177 g/mol. The molecular weight excluding hydrogens is 168 g/mol. The fourth-order valence-corrected chi connectivity index (χ4v) is 1.63. The van der Waals surface area contributed by atoms with Crippen molar-refractivity contribution in [3.63, 3.8) is 0 Å². The largest absolute Gasteiger partial charge is 0.0906 e. The molecule has 1 aromatic carbocycles. The van der Waals surface area contributed by atoms with E-state index in [0.717, 1.165) is 10.6 Å². The van der Waals surface area contributed by atoms with Gasteiger partial charge in [-0.3, -0.25) is 0 Å². The molecule has 1 fully saturated rings. The highest BCUT2D eigenvalue weighted by molar-refractivity contribution is 6.31. The number of hydrogen-bond donors (Lipinski definition) is 0. The van der Waals surface area contributed by atoms with Crippen LogP contribution in [0.15, 0.2) is 24.8 Å². The van der Waals surface area contributed by atoms with E-state index in [1.807, 2.05) is 12.1 Å². The molecule has 0 spiro atoms. The second-order valence-corrected chi connectivity index (χ2v) is 3.59. The molecule has 0 aromatic heterocycles. The molecule has 0 atom stereocenters. The zero-order chi connectivity index (χ0) is 8.55. The van der Waals surface area contributed by atoms with E-state index < -0.39 is 0 Å². The Kier molecular flexibility index (Phi) is 1.93. The first kappa shape index (κ1) is 7.88. The Morgan fingerprint density at radius 1 is 1.42 bits per heavy atom. The summed E-state index contributed by atoms with van der Waals surface area (Å²) >= 11 is 6.04. The van der Waals surface area contributed by atoms with Crippen molar-refractivity contribution in [1.82, 2.24) is 0 Å². The van der Waals surface area contributed by atoms with E-state index in [1.54, 1.807) is 0 Å². The van der Waals surface area contributed by atoms with Gasteiger partial charge in [0, 0.05) is 5.02 Å². The summed E-state index contributed by atoms with van der Waals surface area (Å²) in [5.41, 5.74) is 2.31. The van der Waals surface area contributed by atoms with Crippen LogP contribution in [0.2, 0.25) is 5.02 Å². The van der Waals surface area contributed by atoms with E-state index in [2.05, 4.69) is 18.7 Å². The average Bonchev–Trinajstić information content (AvgIpc) is 2.88. The summed E-state index contributed by atoms with van der Waals surface area (Å²) in [6.07, 6.45) is 5.42. The van der Waals surface area contributed by atoms with Gasteiger partial charge in [-0.2, -0.15) is 0 Å². The van der Waals surface area contributed by atoms with Gasteiger partial charge in [0.25, 0.3) is 0 Å². The Morgan fingerprint density at radius 3 is 2.75 bits per heavy atom. The number of rotatable bonds is 2. The van der Waals surface area contributed by atoms with Crippen molar-refractivity contribution < 1.29 is 0 Å². The van der Waals surface area contributed by atoms with Crippen LogP contribution < -0.4 is 0 Å². The number of benzene rings is 1. The van der Waals surface area contributed by atoms with Gasteiger partial charge in [-0.15, -0.1) is 0 Å². The van der Waals surface area contributed by atoms with Gasteiger partial charge in [0.2, 0.25) is 0 Å². The third-order valence-electron chi connectivity index (χ3n) is 2.22. The highest BCUT2D eigenvalue weighted by Crippen LogP contribution is 2.43. The second kappa shape index (κ2) is 2.95. The van der Waals surface area contributed by atoms with Gasteiger partial charge in [-0.1, -0.05) is 24.2 Å². The molecule has 1 heteroatoms. The van der Waals surface area contributed by atoms with Gasteiger partial charge in [0.05, 0.1) is 0 Å². The summed E-state index contributed by atoms with van der Waals surface area (Å²) in [5, 5.41) is 0.886. The molecule has 61 valence electrons. The Morgan fingerprint density at radius 2 is 2.17 bits per heavy atom. The second-order valence-electron chi connectivity index (χ2n) is 3.19. The summed E-state index contributed by atoms with van der Waals surface area (Å²) < 4.78 is 0. The van der Waals surface area contributed by atoms with E-state index in [4.69, 9.17) is 11.6 Å². The van der Waals surface area contributed by atoms with E-state index >= 15 is 0 Å². The van der Waals surface area contributed by atoms with Gasteiger partial charge in [0.15, 0.2) is 0 Å². The fraction of sp³-hybridized carbons (Fsp3) is 0.273. The van der Waals surface area contributed by atoms with Crippen LogP contribution in [0.5, 0.6) is 0 Å². The zero-order valence-corrected chi connectivity index (χ0v) is 7.56. The van der Waals surface area contributed by atoms with Gasteiger partial charge in [-0.05, 0) is 48.1 Å². The van der Waals surface area contributed by atoms with Crippen LogP contribution >= 0.6 is 11.6 Å². The van der Waals surface area contributed by atoms with E-state index in [0.29, 0.717) is 5.92 Å². The first-order valence-corrected chi connectivity index (χ1v) is 4.51. The minimum absolute atomic E-state index is 0.700. The van der Waals surface area contributed by atoms with Crippen molar-refractivity contribution in [2.45, 2.75) is 18.8 Å². The van der Waals surface area contributed by atoms with Crippen molar-refractivity contribution in [1.29, 1.82) is 0 Å². The third-order valence-corrected chi connectivity index (χ3v) is 2.56. The molecule has 0 amide bonds. The average molecular weight is 178 g/mol. The van der Waals surface area contributed by atoms with E-state index in [-0.39, 0.29) is 0 Å². The maximum absolute atomic E-state index is 6.04. The molecule has 1 radical (unpaired) electrons. The van der Waals surface area contributed by atoms with Crippen LogP contribution in [0.3, 0.4) is 0 Å². The van der Waals surface area contributed by atoms with Crippen LogP contribution in [-0.2, 0) is 0 Å². The standard InChI is InChI=1S/C11H10Cl/c1-2-8-3-6-11(12)10(7-8)9-4-5-9/h3,6-7,9H,1,4-5H2. The SMILES string of the molecule is C=[C]c1ccc(Cl)c(C2CC2)c1.